The second kappa shape index (κ2) is 9.59. The van der Waals surface area contributed by atoms with E-state index in [4.69, 9.17) is 9.47 Å². The third-order valence-electron chi connectivity index (χ3n) is 5.27. The summed E-state index contributed by atoms with van der Waals surface area (Å²) >= 11 is 0. The molecule has 0 aromatic heterocycles. The zero-order chi connectivity index (χ0) is 20.8. The molecule has 3 rings (SSSR count). The number of benzene rings is 2. The number of hydrogen-bond acceptors (Lipinski definition) is 4. The summed E-state index contributed by atoms with van der Waals surface area (Å²) in [6.45, 7) is 5.87. The highest BCUT2D eigenvalue weighted by molar-refractivity contribution is 5.97. The molecule has 0 spiro atoms. The molecule has 29 heavy (non-hydrogen) atoms. The van der Waals surface area contributed by atoms with E-state index in [1.807, 2.05) is 19.9 Å². The molecular weight excluding hydrogens is 366 g/mol. The highest BCUT2D eigenvalue weighted by Crippen LogP contribution is 2.26. The number of esters is 1. The van der Waals surface area contributed by atoms with E-state index in [1.165, 1.54) is 24.0 Å². The second-order valence-corrected chi connectivity index (χ2v) is 7.39. The summed E-state index contributed by atoms with van der Waals surface area (Å²) in [5.41, 5.74) is 4.58. The number of carbonyl (C=O) groups is 2. The molecule has 154 valence electrons. The van der Waals surface area contributed by atoms with Gasteiger partial charge in [0.15, 0.2) is 6.10 Å². The Morgan fingerprint density at radius 2 is 1.79 bits per heavy atom. The van der Waals surface area contributed by atoms with Gasteiger partial charge in [0.05, 0.1) is 12.2 Å². The maximum Gasteiger partial charge on any atom is 0.338 e. The van der Waals surface area contributed by atoms with Crippen LogP contribution in [0.1, 0.15) is 60.2 Å². The van der Waals surface area contributed by atoms with Crippen LogP contribution in [0.25, 0.3) is 0 Å². The monoisotopic (exact) mass is 395 g/mol. The normalized spacial score (nSPS) is 13.9. The van der Waals surface area contributed by atoms with Gasteiger partial charge >= 0.3 is 5.97 Å². The van der Waals surface area contributed by atoms with Crippen LogP contribution in [0.5, 0.6) is 5.75 Å². The Hall–Kier alpha value is -2.82. The summed E-state index contributed by atoms with van der Waals surface area (Å²) < 4.78 is 11.1. The molecule has 1 aliphatic rings. The molecule has 2 aromatic carbocycles. The topological polar surface area (TPSA) is 64.6 Å². The molecule has 1 amide bonds. The van der Waals surface area contributed by atoms with Crippen LogP contribution in [-0.4, -0.2) is 24.6 Å². The van der Waals surface area contributed by atoms with Crippen LogP contribution < -0.4 is 10.1 Å². The van der Waals surface area contributed by atoms with E-state index in [0.29, 0.717) is 24.3 Å². The minimum absolute atomic E-state index is 0.227. The zero-order valence-corrected chi connectivity index (χ0v) is 17.4. The highest BCUT2D eigenvalue weighted by Gasteiger charge is 2.21. The summed E-state index contributed by atoms with van der Waals surface area (Å²) in [5.74, 6) is 0.0966. The largest absolute Gasteiger partial charge is 0.481 e. The summed E-state index contributed by atoms with van der Waals surface area (Å²) in [4.78, 5) is 24.8. The number of anilines is 1. The molecule has 5 heteroatoms. The smallest absolute Gasteiger partial charge is 0.338 e. The molecule has 5 nitrogen and oxygen atoms in total. The molecule has 0 radical (unpaired) electrons. The van der Waals surface area contributed by atoms with Crippen molar-refractivity contribution in [1.29, 1.82) is 0 Å². The van der Waals surface area contributed by atoms with Crippen molar-refractivity contribution in [1.82, 2.24) is 0 Å². The third-order valence-corrected chi connectivity index (χ3v) is 5.27. The third kappa shape index (κ3) is 5.17. The van der Waals surface area contributed by atoms with Crippen LogP contribution in [0.15, 0.2) is 36.4 Å². The number of nitrogens with one attached hydrogen (secondary N) is 1. The van der Waals surface area contributed by atoms with E-state index < -0.39 is 12.1 Å². The standard InChI is InChI=1S/C24H29NO4/c1-4-22(29-20-13-12-17-8-6-7-9-18(17)14-20)23(26)25-21-15-19(11-10-16(21)3)24(27)28-5-2/h10-15,22H,4-9H2,1-3H3,(H,25,26)/t22-/m1/s1. The van der Waals surface area contributed by atoms with Gasteiger partial charge in [0, 0.05) is 5.69 Å². The van der Waals surface area contributed by atoms with E-state index in [9.17, 15) is 9.59 Å². The van der Waals surface area contributed by atoms with Gasteiger partial charge in [-0.1, -0.05) is 19.1 Å². The predicted octanol–water partition coefficient (Wildman–Crippen LogP) is 4.85. The Morgan fingerprint density at radius 1 is 1.03 bits per heavy atom. The van der Waals surface area contributed by atoms with Crippen LogP contribution in [0.4, 0.5) is 5.69 Å². The fraction of sp³-hybridized carbons (Fsp3) is 0.417. The molecule has 0 fully saturated rings. The minimum Gasteiger partial charge on any atom is -0.481 e. The summed E-state index contributed by atoms with van der Waals surface area (Å²) in [6.07, 6.45) is 4.54. The van der Waals surface area contributed by atoms with Gasteiger partial charge in [0.2, 0.25) is 0 Å². The number of carbonyl (C=O) groups excluding carboxylic acids is 2. The molecular formula is C24H29NO4. The first-order valence-electron chi connectivity index (χ1n) is 10.4. The van der Waals surface area contributed by atoms with Gasteiger partial charge in [-0.15, -0.1) is 0 Å². The van der Waals surface area contributed by atoms with Crippen molar-refractivity contribution in [3.8, 4) is 5.75 Å². The van der Waals surface area contributed by atoms with Crippen LogP contribution in [0, 0.1) is 6.92 Å². The highest BCUT2D eigenvalue weighted by atomic mass is 16.5. The Labute approximate surface area is 172 Å². The molecule has 0 unspecified atom stereocenters. The number of ether oxygens (including phenoxy) is 2. The SMILES string of the molecule is CCOC(=O)c1ccc(C)c(NC(=O)[C@@H](CC)Oc2ccc3c(c2)CCCC3)c1. The first-order valence-corrected chi connectivity index (χ1v) is 10.4. The quantitative estimate of drug-likeness (QED) is 0.681. The van der Waals surface area contributed by atoms with E-state index in [-0.39, 0.29) is 5.91 Å². The Kier molecular flexibility index (Phi) is 6.91. The van der Waals surface area contributed by atoms with Crippen molar-refractivity contribution in [2.75, 3.05) is 11.9 Å². The van der Waals surface area contributed by atoms with E-state index >= 15 is 0 Å². The maximum atomic E-state index is 12.8. The average molecular weight is 395 g/mol. The fourth-order valence-electron chi connectivity index (χ4n) is 3.58. The molecule has 0 saturated carbocycles. The van der Waals surface area contributed by atoms with Gasteiger partial charge in [-0.3, -0.25) is 4.79 Å². The van der Waals surface area contributed by atoms with Crippen molar-refractivity contribution in [2.24, 2.45) is 0 Å². The summed E-state index contributed by atoms with van der Waals surface area (Å²) in [7, 11) is 0. The van der Waals surface area contributed by atoms with Crippen molar-refractivity contribution in [2.45, 2.75) is 59.0 Å². The van der Waals surface area contributed by atoms with Crippen molar-refractivity contribution >= 4 is 17.6 Å². The van der Waals surface area contributed by atoms with E-state index in [2.05, 4.69) is 17.4 Å². The van der Waals surface area contributed by atoms with Crippen molar-refractivity contribution in [3.05, 3.63) is 58.7 Å². The molecule has 1 N–H and O–H groups in total. The lowest BCUT2D eigenvalue weighted by Crippen LogP contribution is -2.32. The molecule has 2 aromatic rings. The average Bonchev–Trinajstić information content (AvgIpc) is 2.73. The maximum absolute atomic E-state index is 12.8. The lowest BCUT2D eigenvalue weighted by Gasteiger charge is -2.21. The number of rotatable bonds is 7. The Morgan fingerprint density at radius 3 is 2.52 bits per heavy atom. The predicted molar refractivity (Wildman–Crippen MR) is 114 cm³/mol. The number of hydrogen-bond donors (Lipinski definition) is 1. The zero-order valence-electron chi connectivity index (χ0n) is 17.4. The fourth-order valence-corrected chi connectivity index (χ4v) is 3.58. The Balaban J connectivity index is 1.71. The van der Waals surface area contributed by atoms with Gasteiger partial charge in [-0.05, 0) is 86.9 Å². The molecule has 0 aliphatic heterocycles. The van der Waals surface area contributed by atoms with Crippen LogP contribution >= 0.6 is 0 Å². The van der Waals surface area contributed by atoms with E-state index in [0.717, 1.165) is 24.2 Å². The van der Waals surface area contributed by atoms with Gasteiger partial charge in [-0.2, -0.15) is 0 Å². The number of amides is 1. The van der Waals surface area contributed by atoms with Gasteiger partial charge < -0.3 is 14.8 Å². The van der Waals surface area contributed by atoms with Crippen molar-refractivity contribution in [3.63, 3.8) is 0 Å². The van der Waals surface area contributed by atoms with Gasteiger partial charge in [0.1, 0.15) is 5.75 Å². The summed E-state index contributed by atoms with van der Waals surface area (Å²) in [6, 6.07) is 11.3. The lowest BCUT2D eigenvalue weighted by molar-refractivity contribution is -0.122. The second-order valence-electron chi connectivity index (χ2n) is 7.39. The van der Waals surface area contributed by atoms with Crippen molar-refractivity contribution < 1.29 is 19.1 Å². The molecule has 0 bridgehead atoms. The minimum atomic E-state index is -0.609. The first-order chi connectivity index (χ1) is 14.0. The van der Waals surface area contributed by atoms with Crippen LogP contribution in [-0.2, 0) is 22.4 Å². The van der Waals surface area contributed by atoms with E-state index in [1.54, 1.807) is 25.1 Å². The number of aryl methyl sites for hydroxylation is 3. The Bertz CT molecular complexity index is 890. The van der Waals surface area contributed by atoms with Gasteiger partial charge in [-0.25, -0.2) is 4.79 Å². The lowest BCUT2D eigenvalue weighted by atomic mass is 9.92. The first kappa shape index (κ1) is 20.9. The molecule has 0 heterocycles. The molecule has 1 atom stereocenters. The summed E-state index contributed by atoms with van der Waals surface area (Å²) in [5, 5.41) is 2.91. The molecule has 1 aliphatic carbocycles. The van der Waals surface area contributed by atoms with Gasteiger partial charge in [0.25, 0.3) is 5.91 Å². The molecule has 0 saturated heterocycles. The number of fused-ring (bicyclic) bond motifs is 1. The van der Waals surface area contributed by atoms with Crippen LogP contribution in [0.3, 0.4) is 0 Å². The van der Waals surface area contributed by atoms with Crippen LogP contribution in [0.2, 0.25) is 0 Å².